The number of benzene rings is 2. The molecular weight excluding hydrogens is 502 g/mol. The average molecular weight is 532 g/mol. The molecule has 2 amide bonds. The molecule has 4 rings (SSSR count). The van der Waals surface area contributed by atoms with Crippen LogP contribution in [0.3, 0.4) is 0 Å². The van der Waals surface area contributed by atoms with Crippen LogP contribution in [0.1, 0.15) is 32.3 Å². The Balaban J connectivity index is 1.51. The molecule has 0 aliphatic rings. The van der Waals surface area contributed by atoms with Crippen LogP contribution in [0.15, 0.2) is 60.1 Å². The summed E-state index contributed by atoms with van der Waals surface area (Å²) in [7, 11) is 0. The lowest BCUT2D eigenvalue weighted by Crippen LogP contribution is -2.25. The molecule has 4 N–H and O–H groups in total. The molecule has 6 nitrogen and oxygen atoms in total. The summed E-state index contributed by atoms with van der Waals surface area (Å²) in [5, 5.41) is 9.17. The third-order valence-corrected chi connectivity index (χ3v) is 7.01. The Kier molecular flexibility index (Phi) is 9.02. The van der Waals surface area contributed by atoms with E-state index in [1.807, 2.05) is 24.3 Å². The lowest BCUT2D eigenvalue weighted by molar-refractivity contribution is 0.262. The molecule has 0 saturated carbocycles. The highest BCUT2D eigenvalue weighted by Gasteiger charge is 2.14. The summed E-state index contributed by atoms with van der Waals surface area (Å²) in [6, 6.07) is 14.3. The molecule has 0 fully saturated rings. The van der Waals surface area contributed by atoms with Gasteiger partial charge in [-0.1, -0.05) is 55.5 Å². The molecule has 0 radical (unpaired) electrons. The largest absolute Gasteiger partial charge is 0.383 e. The zero-order valence-electron chi connectivity index (χ0n) is 21.0. The van der Waals surface area contributed by atoms with Gasteiger partial charge in [-0.3, -0.25) is 4.90 Å². The fraction of sp³-hybridized carbons (Fsp3) is 0.241. The van der Waals surface area contributed by atoms with Gasteiger partial charge in [0.25, 0.3) is 0 Å². The Hall–Kier alpha value is -3.57. The van der Waals surface area contributed by atoms with Crippen LogP contribution < -0.4 is 16.4 Å². The van der Waals surface area contributed by atoms with Crippen LogP contribution in [-0.2, 0) is 0 Å². The predicted molar refractivity (Wildman–Crippen MR) is 157 cm³/mol. The standard InChI is InChI=1S/C29H30ClN5OS/c1-3-14-35(15-4-2)16-6-7-21-18-32-28(31)26-25(19-37-27(21)26)20-10-12-23(13-11-20)33-29(36)34-24-9-5-8-22(30)17-24/h5,8-13,17-19H,3-4,14-16H2,1-2H3,(H2,31,32)(H2,33,34,36). The topological polar surface area (TPSA) is 83.3 Å². The number of rotatable bonds is 8. The van der Waals surface area contributed by atoms with Gasteiger partial charge in [0.2, 0.25) is 0 Å². The molecule has 8 heteroatoms. The summed E-state index contributed by atoms with van der Waals surface area (Å²) in [5.74, 6) is 7.13. The number of nitrogens with two attached hydrogens (primary N) is 1. The average Bonchev–Trinajstić information content (AvgIpc) is 3.32. The number of carbonyl (C=O) groups is 1. The van der Waals surface area contributed by atoms with E-state index in [1.54, 1.807) is 41.8 Å². The number of nitrogens with zero attached hydrogens (tertiary/aromatic N) is 2. The summed E-state index contributed by atoms with van der Waals surface area (Å²) in [6.07, 6.45) is 4.00. The van der Waals surface area contributed by atoms with Gasteiger partial charge < -0.3 is 16.4 Å². The molecule has 0 atom stereocenters. The Labute approximate surface area is 226 Å². The van der Waals surface area contributed by atoms with Gasteiger partial charge in [0.1, 0.15) is 5.82 Å². The van der Waals surface area contributed by atoms with Crippen LogP contribution in [-0.4, -0.2) is 35.5 Å². The number of thiophene rings is 1. The molecule has 2 heterocycles. The Bertz CT molecular complexity index is 1430. The minimum Gasteiger partial charge on any atom is -0.383 e. The number of carbonyl (C=O) groups excluding carboxylic acids is 1. The second kappa shape index (κ2) is 12.6. The number of hydrogen-bond donors (Lipinski definition) is 3. The van der Waals surface area contributed by atoms with Crippen molar-refractivity contribution in [3.05, 3.63) is 70.7 Å². The van der Waals surface area contributed by atoms with Crippen molar-refractivity contribution in [3.8, 4) is 23.0 Å². The van der Waals surface area contributed by atoms with Crippen LogP contribution in [0.2, 0.25) is 5.02 Å². The van der Waals surface area contributed by atoms with E-state index >= 15 is 0 Å². The van der Waals surface area contributed by atoms with Crippen LogP contribution in [0.25, 0.3) is 21.2 Å². The Morgan fingerprint density at radius 2 is 1.81 bits per heavy atom. The number of anilines is 3. The summed E-state index contributed by atoms with van der Waals surface area (Å²) in [6.45, 7) is 7.22. The molecule has 2 aromatic heterocycles. The van der Waals surface area contributed by atoms with Crippen molar-refractivity contribution in [1.29, 1.82) is 0 Å². The van der Waals surface area contributed by atoms with E-state index in [0.29, 0.717) is 22.2 Å². The summed E-state index contributed by atoms with van der Waals surface area (Å²) < 4.78 is 1.04. The van der Waals surface area contributed by atoms with E-state index in [2.05, 4.69) is 51.6 Å². The molecule has 0 spiro atoms. The van der Waals surface area contributed by atoms with E-state index < -0.39 is 0 Å². The minimum absolute atomic E-state index is 0.343. The van der Waals surface area contributed by atoms with Gasteiger partial charge in [-0.25, -0.2) is 9.78 Å². The zero-order chi connectivity index (χ0) is 26.2. The van der Waals surface area contributed by atoms with Crippen molar-refractivity contribution in [3.63, 3.8) is 0 Å². The van der Waals surface area contributed by atoms with E-state index in [4.69, 9.17) is 17.3 Å². The third-order valence-electron chi connectivity index (χ3n) is 5.77. The van der Waals surface area contributed by atoms with E-state index in [1.165, 1.54) is 0 Å². The smallest absolute Gasteiger partial charge is 0.323 e. The molecule has 37 heavy (non-hydrogen) atoms. The molecular formula is C29H30ClN5OS. The fourth-order valence-electron chi connectivity index (χ4n) is 4.11. The van der Waals surface area contributed by atoms with Crippen molar-refractivity contribution in [2.24, 2.45) is 0 Å². The van der Waals surface area contributed by atoms with Crippen LogP contribution >= 0.6 is 22.9 Å². The van der Waals surface area contributed by atoms with Gasteiger partial charge in [-0.2, -0.15) is 0 Å². The van der Waals surface area contributed by atoms with E-state index in [-0.39, 0.29) is 6.03 Å². The first-order valence-corrected chi connectivity index (χ1v) is 13.5. The number of pyridine rings is 1. The van der Waals surface area contributed by atoms with Gasteiger partial charge in [0.05, 0.1) is 16.8 Å². The van der Waals surface area contributed by atoms with Crippen molar-refractivity contribution in [2.45, 2.75) is 26.7 Å². The summed E-state index contributed by atoms with van der Waals surface area (Å²) in [5.41, 5.74) is 10.5. The third kappa shape index (κ3) is 6.80. The number of halogens is 1. The molecule has 2 aromatic carbocycles. The van der Waals surface area contributed by atoms with Gasteiger partial charge in [-0.15, -0.1) is 11.3 Å². The SMILES string of the molecule is CCCN(CC#Cc1cnc(N)c2c(-c3ccc(NC(=O)Nc4cccc(Cl)c4)cc3)csc12)CCC. The molecule has 0 bridgehead atoms. The normalized spacial score (nSPS) is 10.8. The first kappa shape index (κ1) is 26.5. The van der Waals surface area contributed by atoms with Crippen molar-refractivity contribution in [1.82, 2.24) is 9.88 Å². The Morgan fingerprint density at radius 1 is 1.08 bits per heavy atom. The monoisotopic (exact) mass is 531 g/mol. The molecule has 0 saturated heterocycles. The van der Waals surface area contributed by atoms with Gasteiger partial charge in [-0.05, 0) is 67.2 Å². The summed E-state index contributed by atoms with van der Waals surface area (Å²) >= 11 is 7.60. The molecule has 0 aliphatic heterocycles. The van der Waals surface area contributed by atoms with Gasteiger partial charge in [0.15, 0.2) is 0 Å². The second-order valence-corrected chi connectivity index (χ2v) is 9.97. The maximum Gasteiger partial charge on any atom is 0.323 e. The van der Waals surface area contributed by atoms with Gasteiger partial charge >= 0.3 is 6.03 Å². The van der Waals surface area contributed by atoms with Crippen molar-refractivity contribution >= 4 is 56.2 Å². The highest BCUT2D eigenvalue weighted by Crippen LogP contribution is 2.38. The quantitative estimate of drug-likeness (QED) is 0.208. The first-order chi connectivity index (χ1) is 18.0. The number of aromatic nitrogens is 1. The minimum atomic E-state index is -0.343. The highest BCUT2D eigenvalue weighted by molar-refractivity contribution is 7.18. The van der Waals surface area contributed by atoms with Crippen molar-refractivity contribution in [2.75, 3.05) is 36.0 Å². The zero-order valence-corrected chi connectivity index (χ0v) is 22.5. The Morgan fingerprint density at radius 3 is 2.51 bits per heavy atom. The predicted octanol–water partition coefficient (Wildman–Crippen LogP) is 7.32. The molecule has 0 unspecified atom stereocenters. The molecule has 0 aliphatic carbocycles. The van der Waals surface area contributed by atoms with E-state index in [9.17, 15) is 4.79 Å². The number of fused-ring (bicyclic) bond motifs is 1. The number of nitrogen functional groups attached to an aromatic ring is 1. The summed E-state index contributed by atoms with van der Waals surface area (Å²) in [4.78, 5) is 19.2. The number of nitrogens with one attached hydrogen (secondary N) is 2. The molecule has 190 valence electrons. The lowest BCUT2D eigenvalue weighted by Gasteiger charge is -2.17. The fourth-order valence-corrected chi connectivity index (χ4v) is 5.35. The number of urea groups is 1. The first-order valence-electron chi connectivity index (χ1n) is 12.3. The second-order valence-electron chi connectivity index (χ2n) is 8.66. The molecule has 4 aromatic rings. The van der Waals surface area contributed by atoms with E-state index in [0.717, 1.165) is 59.3 Å². The van der Waals surface area contributed by atoms with Crippen LogP contribution in [0.5, 0.6) is 0 Å². The van der Waals surface area contributed by atoms with Crippen LogP contribution in [0.4, 0.5) is 22.0 Å². The van der Waals surface area contributed by atoms with Gasteiger partial charge in [0, 0.05) is 33.5 Å². The maximum atomic E-state index is 12.4. The lowest BCUT2D eigenvalue weighted by atomic mass is 10.0. The highest BCUT2D eigenvalue weighted by atomic mass is 35.5. The number of amides is 2. The number of hydrogen-bond acceptors (Lipinski definition) is 5. The maximum absolute atomic E-state index is 12.4. The van der Waals surface area contributed by atoms with Crippen molar-refractivity contribution < 1.29 is 4.79 Å². The van der Waals surface area contributed by atoms with Crippen LogP contribution in [0, 0.1) is 11.8 Å².